The van der Waals surface area contributed by atoms with E-state index in [0.29, 0.717) is 25.7 Å². The van der Waals surface area contributed by atoms with E-state index in [1.165, 1.54) is 11.1 Å². The highest BCUT2D eigenvalue weighted by atomic mass is 16.5. The van der Waals surface area contributed by atoms with Crippen LogP contribution in [0.4, 0.5) is 0 Å². The standard InChI is InChI=1S/C20H27NO2/c1-3-22-19-10-12-20(13-11-19)23-14-4-5-18(15-21)17-8-6-16(2)7-9-17/h6-13,18H,3-5,14-15,21H2,1-2H3. The molecule has 0 aliphatic carbocycles. The molecule has 0 aliphatic rings. The van der Waals surface area contributed by atoms with Crippen molar-refractivity contribution in [2.75, 3.05) is 19.8 Å². The highest BCUT2D eigenvalue weighted by molar-refractivity contribution is 5.31. The highest BCUT2D eigenvalue weighted by Crippen LogP contribution is 2.22. The van der Waals surface area contributed by atoms with Gasteiger partial charge >= 0.3 is 0 Å². The van der Waals surface area contributed by atoms with Crippen LogP contribution in [0.1, 0.15) is 36.8 Å². The van der Waals surface area contributed by atoms with Crippen LogP contribution >= 0.6 is 0 Å². The molecule has 0 heterocycles. The second kappa shape index (κ2) is 9.21. The van der Waals surface area contributed by atoms with Gasteiger partial charge in [-0.25, -0.2) is 0 Å². The Kier molecular flexibility index (Phi) is 6.95. The van der Waals surface area contributed by atoms with Gasteiger partial charge in [0, 0.05) is 0 Å². The lowest BCUT2D eigenvalue weighted by Crippen LogP contribution is -2.13. The first-order valence-corrected chi connectivity index (χ1v) is 8.35. The molecule has 3 nitrogen and oxygen atoms in total. The van der Waals surface area contributed by atoms with Crippen LogP contribution in [0.15, 0.2) is 48.5 Å². The van der Waals surface area contributed by atoms with Crippen molar-refractivity contribution in [2.45, 2.75) is 32.6 Å². The topological polar surface area (TPSA) is 44.5 Å². The van der Waals surface area contributed by atoms with E-state index in [-0.39, 0.29) is 0 Å². The summed E-state index contributed by atoms with van der Waals surface area (Å²) in [4.78, 5) is 0. The fourth-order valence-electron chi connectivity index (χ4n) is 2.58. The average molecular weight is 313 g/mol. The third kappa shape index (κ3) is 5.61. The molecule has 2 aromatic rings. The number of hydrogen-bond acceptors (Lipinski definition) is 3. The summed E-state index contributed by atoms with van der Waals surface area (Å²) in [6, 6.07) is 16.4. The lowest BCUT2D eigenvalue weighted by atomic mass is 9.94. The summed E-state index contributed by atoms with van der Waals surface area (Å²) in [5, 5.41) is 0. The second-order valence-electron chi connectivity index (χ2n) is 5.74. The molecule has 0 spiro atoms. The van der Waals surface area contributed by atoms with Crippen molar-refractivity contribution in [3.8, 4) is 11.5 Å². The van der Waals surface area contributed by atoms with Gasteiger partial charge < -0.3 is 15.2 Å². The zero-order chi connectivity index (χ0) is 16.5. The molecule has 0 aromatic heterocycles. The minimum atomic E-state index is 0.402. The second-order valence-corrected chi connectivity index (χ2v) is 5.74. The predicted molar refractivity (Wildman–Crippen MR) is 95.3 cm³/mol. The molecule has 23 heavy (non-hydrogen) atoms. The molecule has 0 saturated heterocycles. The monoisotopic (exact) mass is 313 g/mol. The fraction of sp³-hybridized carbons (Fsp3) is 0.400. The summed E-state index contributed by atoms with van der Waals surface area (Å²) in [7, 11) is 0. The zero-order valence-electron chi connectivity index (χ0n) is 14.1. The zero-order valence-corrected chi connectivity index (χ0v) is 14.1. The van der Waals surface area contributed by atoms with Gasteiger partial charge in [-0.05, 0) is 69.0 Å². The van der Waals surface area contributed by atoms with Crippen LogP contribution in [0, 0.1) is 6.92 Å². The molecule has 2 rings (SSSR count). The molecule has 0 radical (unpaired) electrons. The molecule has 2 N–H and O–H groups in total. The Labute approximate surface area is 139 Å². The Balaban J connectivity index is 1.76. The first-order chi connectivity index (χ1) is 11.2. The van der Waals surface area contributed by atoms with Gasteiger partial charge in [-0.15, -0.1) is 0 Å². The Morgan fingerprint density at radius 3 is 2.09 bits per heavy atom. The summed E-state index contributed by atoms with van der Waals surface area (Å²) in [6.07, 6.45) is 2.03. The van der Waals surface area contributed by atoms with Gasteiger partial charge in [-0.1, -0.05) is 29.8 Å². The number of ether oxygens (including phenoxy) is 2. The molecule has 2 aromatic carbocycles. The first-order valence-electron chi connectivity index (χ1n) is 8.35. The quantitative estimate of drug-likeness (QED) is 0.702. The van der Waals surface area contributed by atoms with Gasteiger partial charge in [-0.2, -0.15) is 0 Å². The van der Waals surface area contributed by atoms with Crippen LogP contribution in [0.25, 0.3) is 0 Å². The lowest BCUT2D eigenvalue weighted by molar-refractivity contribution is 0.300. The molecule has 0 bridgehead atoms. The maximum Gasteiger partial charge on any atom is 0.119 e. The van der Waals surface area contributed by atoms with Gasteiger partial charge in [-0.3, -0.25) is 0 Å². The molecule has 0 fully saturated rings. The van der Waals surface area contributed by atoms with Crippen LogP contribution in [0.3, 0.4) is 0 Å². The number of nitrogens with two attached hydrogens (primary N) is 1. The van der Waals surface area contributed by atoms with Gasteiger partial charge in [0.2, 0.25) is 0 Å². The Hall–Kier alpha value is -2.00. The summed E-state index contributed by atoms with van der Waals surface area (Å²) < 4.78 is 11.2. The van der Waals surface area contributed by atoms with E-state index in [4.69, 9.17) is 15.2 Å². The summed E-state index contributed by atoms with van der Waals surface area (Å²) >= 11 is 0. The normalized spacial score (nSPS) is 12.0. The minimum Gasteiger partial charge on any atom is -0.494 e. The molecule has 1 atom stereocenters. The smallest absolute Gasteiger partial charge is 0.119 e. The highest BCUT2D eigenvalue weighted by Gasteiger charge is 2.09. The number of aryl methyl sites for hydroxylation is 1. The van der Waals surface area contributed by atoms with E-state index in [2.05, 4.69) is 31.2 Å². The molecule has 1 unspecified atom stereocenters. The Morgan fingerprint density at radius 2 is 1.52 bits per heavy atom. The van der Waals surface area contributed by atoms with Crippen LogP contribution in [0.2, 0.25) is 0 Å². The molecular weight excluding hydrogens is 286 g/mol. The maximum atomic E-state index is 5.93. The van der Waals surface area contributed by atoms with Crippen molar-refractivity contribution in [1.82, 2.24) is 0 Å². The van der Waals surface area contributed by atoms with Crippen molar-refractivity contribution in [2.24, 2.45) is 5.73 Å². The Morgan fingerprint density at radius 1 is 0.913 bits per heavy atom. The van der Waals surface area contributed by atoms with E-state index < -0.39 is 0 Å². The van der Waals surface area contributed by atoms with E-state index in [1.807, 2.05) is 31.2 Å². The molecule has 0 amide bonds. The van der Waals surface area contributed by atoms with Crippen molar-refractivity contribution in [3.05, 3.63) is 59.7 Å². The summed E-state index contributed by atoms with van der Waals surface area (Å²) in [6.45, 7) is 6.14. The third-order valence-corrected chi connectivity index (χ3v) is 3.93. The molecule has 124 valence electrons. The van der Waals surface area contributed by atoms with Crippen LogP contribution < -0.4 is 15.2 Å². The SMILES string of the molecule is CCOc1ccc(OCCCC(CN)c2ccc(C)cc2)cc1. The van der Waals surface area contributed by atoms with Gasteiger partial charge in [0.25, 0.3) is 0 Å². The minimum absolute atomic E-state index is 0.402. The lowest BCUT2D eigenvalue weighted by Gasteiger charge is -2.15. The third-order valence-electron chi connectivity index (χ3n) is 3.93. The number of benzene rings is 2. The van der Waals surface area contributed by atoms with E-state index >= 15 is 0 Å². The van der Waals surface area contributed by atoms with E-state index in [1.54, 1.807) is 0 Å². The average Bonchev–Trinajstić information content (AvgIpc) is 2.58. The molecular formula is C20H27NO2. The van der Waals surface area contributed by atoms with Crippen molar-refractivity contribution in [3.63, 3.8) is 0 Å². The summed E-state index contributed by atoms with van der Waals surface area (Å²) in [5.41, 5.74) is 8.53. The van der Waals surface area contributed by atoms with Crippen molar-refractivity contribution >= 4 is 0 Å². The number of hydrogen-bond donors (Lipinski definition) is 1. The van der Waals surface area contributed by atoms with Crippen LogP contribution in [0.5, 0.6) is 11.5 Å². The largest absolute Gasteiger partial charge is 0.494 e. The summed E-state index contributed by atoms with van der Waals surface area (Å²) in [5.74, 6) is 2.16. The predicted octanol–water partition coefficient (Wildman–Crippen LogP) is 4.30. The van der Waals surface area contributed by atoms with Crippen molar-refractivity contribution in [1.29, 1.82) is 0 Å². The van der Waals surface area contributed by atoms with Gasteiger partial charge in [0.15, 0.2) is 0 Å². The molecule has 0 saturated carbocycles. The molecule has 0 aliphatic heterocycles. The van der Waals surface area contributed by atoms with Crippen LogP contribution in [-0.2, 0) is 0 Å². The van der Waals surface area contributed by atoms with E-state index in [0.717, 1.165) is 24.3 Å². The first kappa shape index (κ1) is 17.4. The number of rotatable bonds is 9. The van der Waals surface area contributed by atoms with Crippen LogP contribution in [-0.4, -0.2) is 19.8 Å². The van der Waals surface area contributed by atoms with Gasteiger partial charge in [0.05, 0.1) is 13.2 Å². The maximum absolute atomic E-state index is 5.93. The Bertz CT molecular complexity index is 563. The van der Waals surface area contributed by atoms with Gasteiger partial charge in [0.1, 0.15) is 11.5 Å². The van der Waals surface area contributed by atoms with Crippen molar-refractivity contribution < 1.29 is 9.47 Å². The van der Waals surface area contributed by atoms with E-state index in [9.17, 15) is 0 Å². The fourth-order valence-corrected chi connectivity index (χ4v) is 2.58. The molecule has 3 heteroatoms.